The molecule has 1 amide bonds. The molecule has 1 saturated carbocycles. The van der Waals surface area contributed by atoms with E-state index in [9.17, 15) is 9.90 Å². The molecule has 0 aromatic rings. The summed E-state index contributed by atoms with van der Waals surface area (Å²) in [7, 11) is 0. The largest absolute Gasteiger partial charge is 0.396 e. The van der Waals surface area contributed by atoms with Crippen LogP contribution in [-0.4, -0.2) is 30.7 Å². The second kappa shape index (κ2) is 10.5. The number of rotatable bonds is 9. The summed E-state index contributed by atoms with van der Waals surface area (Å²) in [5.74, 6) is 0.131. The van der Waals surface area contributed by atoms with Crippen molar-refractivity contribution in [2.24, 2.45) is 16.6 Å². The lowest BCUT2D eigenvalue weighted by Crippen LogP contribution is -2.42. The first-order chi connectivity index (χ1) is 10.1. The van der Waals surface area contributed by atoms with Crippen LogP contribution in [0.25, 0.3) is 0 Å². The fourth-order valence-electron chi connectivity index (χ4n) is 3.62. The highest BCUT2D eigenvalue weighted by atomic mass is 35.5. The van der Waals surface area contributed by atoms with Gasteiger partial charge >= 0.3 is 0 Å². The van der Waals surface area contributed by atoms with E-state index < -0.39 is 0 Å². The van der Waals surface area contributed by atoms with Gasteiger partial charge in [0.05, 0.1) is 0 Å². The molecule has 4 N–H and O–H groups in total. The minimum Gasteiger partial charge on any atom is -0.396 e. The number of hydrogen-bond donors (Lipinski definition) is 3. The van der Waals surface area contributed by atoms with Gasteiger partial charge in [-0.2, -0.15) is 0 Å². The number of aliphatic hydroxyl groups excluding tert-OH is 1. The van der Waals surface area contributed by atoms with E-state index in [2.05, 4.69) is 19.2 Å². The Bertz CT molecular complexity index is 314. The smallest absolute Gasteiger partial charge is 0.220 e. The zero-order valence-corrected chi connectivity index (χ0v) is 15.1. The molecule has 0 aromatic carbocycles. The van der Waals surface area contributed by atoms with Crippen molar-refractivity contribution in [1.29, 1.82) is 0 Å². The molecule has 1 aliphatic carbocycles. The van der Waals surface area contributed by atoms with Crippen LogP contribution in [0.3, 0.4) is 0 Å². The molecule has 4 nitrogen and oxygen atoms in total. The Morgan fingerprint density at radius 3 is 2.27 bits per heavy atom. The van der Waals surface area contributed by atoms with Crippen LogP contribution in [-0.2, 0) is 4.79 Å². The summed E-state index contributed by atoms with van der Waals surface area (Å²) in [6.07, 6.45) is 9.11. The summed E-state index contributed by atoms with van der Waals surface area (Å²) in [5, 5.41) is 12.4. The van der Waals surface area contributed by atoms with Crippen molar-refractivity contribution in [2.45, 2.75) is 71.6 Å². The minimum absolute atomic E-state index is 0. The quantitative estimate of drug-likeness (QED) is 0.606. The summed E-state index contributed by atoms with van der Waals surface area (Å²) in [4.78, 5) is 12.3. The third kappa shape index (κ3) is 6.05. The van der Waals surface area contributed by atoms with Crippen molar-refractivity contribution in [3.05, 3.63) is 0 Å². The van der Waals surface area contributed by atoms with Crippen LogP contribution in [0, 0.1) is 10.8 Å². The van der Waals surface area contributed by atoms with Gasteiger partial charge in [0, 0.05) is 19.6 Å². The molecule has 5 heteroatoms. The van der Waals surface area contributed by atoms with E-state index in [0.717, 1.165) is 32.1 Å². The van der Waals surface area contributed by atoms with Crippen molar-refractivity contribution >= 4 is 18.3 Å². The number of aliphatic hydroxyl groups is 1. The Hall–Kier alpha value is -0.320. The van der Waals surface area contributed by atoms with E-state index in [0.29, 0.717) is 19.5 Å². The molecule has 0 bridgehead atoms. The Kier molecular flexibility index (Phi) is 10.3. The van der Waals surface area contributed by atoms with Crippen LogP contribution < -0.4 is 11.1 Å². The average Bonchev–Trinajstić information content (AvgIpc) is 2.52. The van der Waals surface area contributed by atoms with Crippen LogP contribution in [0.1, 0.15) is 71.6 Å². The van der Waals surface area contributed by atoms with Crippen molar-refractivity contribution in [1.82, 2.24) is 5.32 Å². The van der Waals surface area contributed by atoms with Crippen molar-refractivity contribution < 1.29 is 9.90 Å². The van der Waals surface area contributed by atoms with Gasteiger partial charge in [-0.05, 0) is 49.5 Å². The van der Waals surface area contributed by atoms with Gasteiger partial charge in [-0.15, -0.1) is 12.4 Å². The Balaban J connectivity index is 0.00000441. The Labute approximate surface area is 142 Å². The molecule has 0 atom stereocenters. The first-order valence-electron chi connectivity index (χ1n) is 8.63. The molecule has 0 unspecified atom stereocenters. The SMILES string of the molecule is CCC(CC)(CCO)CNC(=O)CC1(CN)CCCCC1.Cl. The maximum atomic E-state index is 12.3. The standard InChI is InChI=1S/C17H34N2O2.ClH/c1-3-16(4-2,10-11-20)14-19-15(21)12-17(13-18)8-6-5-7-9-17;/h20H,3-14,18H2,1-2H3,(H,19,21);1H. The van der Waals surface area contributed by atoms with Gasteiger partial charge in [-0.3, -0.25) is 4.79 Å². The monoisotopic (exact) mass is 334 g/mol. The Morgan fingerprint density at radius 1 is 1.23 bits per heavy atom. The molecule has 1 aliphatic rings. The molecule has 1 fully saturated rings. The minimum atomic E-state index is 0. The number of nitrogens with two attached hydrogens (primary N) is 1. The number of carbonyl (C=O) groups excluding carboxylic acids is 1. The van der Waals surface area contributed by atoms with Gasteiger partial charge in [-0.25, -0.2) is 0 Å². The fraction of sp³-hybridized carbons (Fsp3) is 0.941. The van der Waals surface area contributed by atoms with Crippen LogP contribution in [0.4, 0.5) is 0 Å². The zero-order chi connectivity index (χ0) is 15.8. The topological polar surface area (TPSA) is 75.3 Å². The lowest BCUT2D eigenvalue weighted by molar-refractivity contribution is -0.124. The molecular formula is C17H35ClN2O2. The molecule has 0 saturated heterocycles. The van der Waals surface area contributed by atoms with Gasteiger partial charge in [0.15, 0.2) is 0 Å². The molecule has 132 valence electrons. The lowest BCUT2D eigenvalue weighted by Gasteiger charge is -2.36. The maximum absolute atomic E-state index is 12.3. The molecule has 0 aromatic heterocycles. The van der Waals surface area contributed by atoms with E-state index in [4.69, 9.17) is 5.73 Å². The number of carbonyl (C=O) groups is 1. The number of amides is 1. The lowest BCUT2D eigenvalue weighted by atomic mass is 9.71. The fourth-order valence-corrected chi connectivity index (χ4v) is 3.62. The summed E-state index contributed by atoms with van der Waals surface area (Å²) in [5.41, 5.74) is 6.02. The van der Waals surface area contributed by atoms with Gasteiger partial charge in [-0.1, -0.05) is 33.1 Å². The molecule has 22 heavy (non-hydrogen) atoms. The third-order valence-electron chi connectivity index (χ3n) is 5.69. The molecule has 0 heterocycles. The van der Waals surface area contributed by atoms with E-state index in [1.807, 2.05) is 0 Å². The second-order valence-corrected chi connectivity index (χ2v) is 6.90. The van der Waals surface area contributed by atoms with Gasteiger partial charge in [0.1, 0.15) is 0 Å². The first-order valence-corrected chi connectivity index (χ1v) is 8.63. The summed E-state index contributed by atoms with van der Waals surface area (Å²) < 4.78 is 0. The van der Waals surface area contributed by atoms with E-state index >= 15 is 0 Å². The summed E-state index contributed by atoms with van der Waals surface area (Å²) in [6, 6.07) is 0. The van der Waals surface area contributed by atoms with Crippen LogP contribution in [0.2, 0.25) is 0 Å². The van der Waals surface area contributed by atoms with E-state index in [1.165, 1.54) is 19.3 Å². The van der Waals surface area contributed by atoms with Crippen LogP contribution in [0.15, 0.2) is 0 Å². The summed E-state index contributed by atoms with van der Waals surface area (Å²) in [6.45, 7) is 5.73. The van der Waals surface area contributed by atoms with Gasteiger partial charge < -0.3 is 16.2 Å². The van der Waals surface area contributed by atoms with Crippen molar-refractivity contribution in [2.75, 3.05) is 19.7 Å². The summed E-state index contributed by atoms with van der Waals surface area (Å²) >= 11 is 0. The second-order valence-electron chi connectivity index (χ2n) is 6.90. The molecule has 1 rings (SSSR count). The van der Waals surface area contributed by atoms with Gasteiger partial charge in [0.2, 0.25) is 5.91 Å². The molecule has 0 radical (unpaired) electrons. The Morgan fingerprint density at radius 2 is 1.82 bits per heavy atom. The number of hydrogen-bond acceptors (Lipinski definition) is 3. The van der Waals surface area contributed by atoms with E-state index in [-0.39, 0.29) is 35.8 Å². The van der Waals surface area contributed by atoms with Gasteiger partial charge in [0.25, 0.3) is 0 Å². The highest BCUT2D eigenvalue weighted by molar-refractivity contribution is 5.85. The normalized spacial score (nSPS) is 17.6. The number of nitrogens with one attached hydrogen (secondary N) is 1. The van der Waals surface area contributed by atoms with E-state index in [1.54, 1.807) is 0 Å². The number of halogens is 1. The predicted octanol–water partition coefficient (Wildman–Crippen LogP) is 3.01. The predicted molar refractivity (Wildman–Crippen MR) is 94.2 cm³/mol. The molecule has 0 aliphatic heterocycles. The zero-order valence-electron chi connectivity index (χ0n) is 14.3. The highest BCUT2D eigenvalue weighted by Crippen LogP contribution is 2.38. The van der Waals surface area contributed by atoms with Crippen molar-refractivity contribution in [3.63, 3.8) is 0 Å². The maximum Gasteiger partial charge on any atom is 0.220 e. The van der Waals surface area contributed by atoms with Crippen LogP contribution in [0.5, 0.6) is 0 Å². The van der Waals surface area contributed by atoms with Crippen LogP contribution >= 0.6 is 12.4 Å². The molecular weight excluding hydrogens is 300 g/mol. The average molecular weight is 335 g/mol. The molecule has 0 spiro atoms. The van der Waals surface area contributed by atoms with Crippen molar-refractivity contribution in [3.8, 4) is 0 Å². The third-order valence-corrected chi connectivity index (χ3v) is 5.69. The highest BCUT2D eigenvalue weighted by Gasteiger charge is 2.34. The first kappa shape index (κ1) is 21.7.